The molecule has 3 aromatic rings. The van der Waals surface area contributed by atoms with Crippen molar-refractivity contribution in [1.82, 2.24) is 24.1 Å². The van der Waals surface area contributed by atoms with Gasteiger partial charge >= 0.3 is 0 Å². The van der Waals surface area contributed by atoms with Crippen molar-refractivity contribution in [3.8, 4) is 5.82 Å². The van der Waals surface area contributed by atoms with E-state index in [-0.39, 0.29) is 9.92 Å². The summed E-state index contributed by atoms with van der Waals surface area (Å²) in [6.07, 6.45) is 5.11. The second-order valence-corrected chi connectivity index (χ2v) is 9.36. The first-order chi connectivity index (χ1) is 13.9. The third kappa shape index (κ3) is 3.95. The number of sulfonamides is 1. The lowest BCUT2D eigenvalue weighted by atomic mass is 10.2. The smallest absolute Gasteiger partial charge is 0.244 e. The monoisotopic (exact) mass is 452 g/mol. The number of halogens is 2. The van der Waals surface area contributed by atoms with E-state index in [9.17, 15) is 8.42 Å². The molecule has 1 aliphatic rings. The molecule has 2 aromatic heterocycles. The minimum absolute atomic E-state index is 0.0824. The van der Waals surface area contributed by atoms with Gasteiger partial charge in [-0.15, -0.1) is 10.2 Å². The van der Waals surface area contributed by atoms with Gasteiger partial charge in [0.15, 0.2) is 11.6 Å². The molecule has 0 atom stereocenters. The number of hydrogen-bond acceptors (Lipinski definition) is 6. The standard InChI is InChI=1S/C18H18Cl2N6O2S/c1-13-10-16(15(20)11-14(13)19)29(27,28)26-8-6-24(7-9-26)17-2-3-18(23-22-17)25-5-4-21-12-25/h2-5,10-12H,6-9H2,1H3. The van der Waals surface area contributed by atoms with Gasteiger partial charge in [0.25, 0.3) is 0 Å². The number of aryl methyl sites for hydroxylation is 1. The predicted octanol–water partition coefficient (Wildman–Crippen LogP) is 2.79. The molecule has 0 spiro atoms. The van der Waals surface area contributed by atoms with Crippen LogP contribution in [0, 0.1) is 6.92 Å². The van der Waals surface area contributed by atoms with Crippen LogP contribution in [0.4, 0.5) is 5.82 Å². The molecule has 1 fully saturated rings. The highest BCUT2D eigenvalue weighted by Gasteiger charge is 2.31. The molecule has 8 nitrogen and oxygen atoms in total. The van der Waals surface area contributed by atoms with Gasteiger partial charge in [0, 0.05) is 43.6 Å². The summed E-state index contributed by atoms with van der Waals surface area (Å²) in [6, 6.07) is 6.71. The van der Waals surface area contributed by atoms with E-state index in [0.29, 0.717) is 48.4 Å². The molecule has 0 N–H and O–H groups in total. The van der Waals surface area contributed by atoms with E-state index < -0.39 is 10.0 Å². The largest absolute Gasteiger partial charge is 0.352 e. The van der Waals surface area contributed by atoms with Crippen LogP contribution in [0.2, 0.25) is 10.0 Å². The number of benzene rings is 1. The lowest BCUT2D eigenvalue weighted by Gasteiger charge is -2.34. The van der Waals surface area contributed by atoms with E-state index in [1.165, 1.54) is 16.4 Å². The average molecular weight is 453 g/mol. The molecule has 0 saturated carbocycles. The fourth-order valence-corrected chi connectivity index (χ4v) is 5.37. The topological polar surface area (TPSA) is 84.2 Å². The highest BCUT2D eigenvalue weighted by atomic mass is 35.5. The van der Waals surface area contributed by atoms with Crippen molar-refractivity contribution in [3.05, 3.63) is 58.6 Å². The summed E-state index contributed by atoms with van der Waals surface area (Å²) in [5.74, 6) is 1.37. The Morgan fingerprint density at radius 3 is 2.28 bits per heavy atom. The number of piperazine rings is 1. The summed E-state index contributed by atoms with van der Waals surface area (Å²) in [5, 5.41) is 9.04. The third-order valence-electron chi connectivity index (χ3n) is 4.80. The SMILES string of the molecule is Cc1cc(S(=O)(=O)N2CCN(c3ccc(-n4ccnc4)nn3)CC2)c(Cl)cc1Cl. The summed E-state index contributed by atoms with van der Waals surface area (Å²) in [7, 11) is -3.70. The molecule has 1 aromatic carbocycles. The molecule has 11 heteroatoms. The molecule has 0 unspecified atom stereocenters. The van der Waals surface area contributed by atoms with Gasteiger partial charge in [0.1, 0.15) is 11.2 Å². The number of anilines is 1. The van der Waals surface area contributed by atoms with Crippen LogP contribution in [0.15, 0.2) is 47.9 Å². The molecule has 4 rings (SSSR count). The van der Waals surface area contributed by atoms with Crippen LogP contribution in [0.5, 0.6) is 0 Å². The molecular weight excluding hydrogens is 435 g/mol. The summed E-state index contributed by atoms with van der Waals surface area (Å²) >= 11 is 12.2. The summed E-state index contributed by atoms with van der Waals surface area (Å²) < 4.78 is 29.3. The number of rotatable bonds is 4. The van der Waals surface area contributed by atoms with Gasteiger partial charge in [-0.25, -0.2) is 13.4 Å². The van der Waals surface area contributed by atoms with Crippen LogP contribution in [-0.2, 0) is 10.0 Å². The Hall–Kier alpha value is -2.20. The number of hydrogen-bond donors (Lipinski definition) is 0. The minimum atomic E-state index is -3.70. The van der Waals surface area contributed by atoms with Gasteiger partial charge in [0.05, 0.1) is 5.02 Å². The molecular formula is C18H18Cl2N6O2S. The number of imidazole rings is 1. The maximum Gasteiger partial charge on any atom is 0.244 e. The first-order valence-electron chi connectivity index (χ1n) is 8.89. The van der Waals surface area contributed by atoms with Gasteiger partial charge < -0.3 is 4.90 Å². The second kappa shape index (κ2) is 7.91. The Morgan fingerprint density at radius 1 is 0.966 bits per heavy atom. The molecule has 152 valence electrons. The molecule has 0 bridgehead atoms. The van der Waals surface area contributed by atoms with Crippen molar-refractivity contribution >= 4 is 39.0 Å². The highest BCUT2D eigenvalue weighted by molar-refractivity contribution is 7.89. The van der Waals surface area contributed by atoms with Crippen molar-refractivity contribution in [3.63, 3.8) is 0 Å². The fourth-order valence-electron chi connectivity index (χ4n) is 3.14. The Balaban J connectivity index is 1.47. The fraction of sp³-hybridized carbons (Fsp3) is 0.278. The predicted molar refractivity (Wildman–Crippen MR) is 111 cm³/mol. The van der Waals surface area contributed by atoms with E-state index in [2.05, 4.69) is 15.2 Å². The summed E-state index contributed by atoms with van der Waals surface area (Å²) in [6.45, 7) is 3.41. The molecule has 0 radical (unpaired) electrons. The Morgan fingerprint density at radius 2 is 1.66 bits per heavy atom. The maximum atomic E-state index is 13.0. The van der Waals surface area contributed by atoms with Crippen molar-refractivity contribution in [2.75, 3.05) is 31.1 Å². The quantitative estimate of drug-likeness (QED) is 0.604. The van der Waals surface area contributed by atoms with Crippen molar-refractivity contribution in [2.24, 2.45) is 0 Å². The molecule has 0 amide bonds. The van der Waals surface area contributed by atoms with E-state index in [1.807, 2.05) is 17.0 Å². The van der Waals surface area contributed by atoms with Crippen molar-refractivity contribution in [2.45, 2.75) is 11.8 Å². The van der Waals surface area contributed by atoms with Gasteiger partial charge in [-0.2, -0.15) is 4.31 Å². The lowest BCUT2D eigenvalue weighted by molar-refractivity contribution is 0.383. The van der Waals surface area contributed by atoms with Crippen molar-refractivity contribution in [1.29, 1.82) is 0 Å². The zero-order chi connectivity index (χ0) is 20.6. The van der Waals surface area contributed by atoms with Gasteiger partial charge in [-0.1, -0.05) is 23.2 Å². The Bertz CT molecular complexity index is 1110. The van der Waals surface area contributed by atoms with Gasteiger partial charge in [-0.05, 0) is 36.8 Å². The number of nitrogens with zero attached hydrogens (tertiary/aromatic N) is 6. The Labute approximate surface area is 178 Å². The first-order valence-corrected chi connectivity index (χ1v) is 11.1. The summed E-state index contributed by atoms with van der Waals surface area (Å²) in [4.78, 5) is 6.08. The normalized spacial score (nSPS) is 15.6. The van der Waals surface area contributed by atoms with Crippen LogP contribution < -0.4 is 4.90 Å². The van der Waals surface area contributed by atoms with E-state index in [0.717, 1.165) is 0 Å². The van der Waals surface area contributed by atoms with Crippen LogP contribution >= 0.6 is 23.2 Å². The van der Waals surface area contributed by atoms with E-state index in [4.69, 9.17) is 23.2 Å². The second-order valence-electron chi connectivity index (χ2n) is 6.64. The minimum Gasteiger partial charge on any atom is -0.352 e. The van der Waals surface area contributed by atoms with Gasteiger partial charge in [0.2, 0.25) is 10.0 Å². The third-order valence-corrected chi connectivity index (χ3v) is 7.57. The Kier molecular flexibility index (Phi) is 5.48. The number of aromatic nitrogens is 4. The molecule has 1 aliphatic heterocycles. The summed E-state index contributed by atoms with van der Waals surface area (Å²) in [5.41, 5.74) is 0.668. The van der Waals surface area contributed by atoms with E-state index in [1.54, 1.807) is 30.2 Å². The first kappa shape index (κ1) is 20.1. The van der Waals surface area contributed by atoms with Crippen molar-refractivity contribution < 1.29 is 8.42 Å². The molecule has 3 heterocycles. The zero-order valence-corrected chi connectivity index (χ0v) is 17.9. The van der Waals surface area contributed by atoms with Gasteiger partial charge in [-0.3, -0.25) is 4.57 Å². The zero-order valence-electron chi connectivity index (χ0n) is 15.5. The molecule has 1 saturated heterocycles. The molecule has 0 aliphatic carbocycles. The van der Waals surface area contributed by atoms with E-state index >= 15 is 0 Å². The lowest BCUT2D eigenvalue weighted by Crippen LogP contribution is -2.49. The van der Waals surface area contributed by atoms with Crippen LogP contribution in [0.3, 0.4) is 0 Å². The van der Waals surface area contributed by atoms with Crippen LogP contribution in [0.25, 0.3) is 5.82 Å². The highest BCUT2D eigenvalue weighted by Crippen LogP contribution is 2.31. The maximum absolute atomic E-state index is 13.0. The van der Waals surface area contributed by atoms with Crippen LogP contribution in [-0.4, -0.2) is 58.7 Å². The molecule has 29 heavy (non-hydrogen) atoms. The van der Waals surface area contributed by atoms with Crippen LogP contribution in [0.1, 0.15) is 5.56 Å². The average Bonchev–Trinajstić information content (AvgIpc) is 3.26.